The molecule has 0 amide bonds. The molecule has 21 heavy (non-hydrogen) atoms. The molecular formula is C18H29N3. The number of nitrogens with zero attached hydrogens (tertiary/aromatic N) is 3. The lowest BCUT2D eigenvalue weighted by Gasteiger charge is -2.42. The van der Waals surface area contributed by atoms with E-state index in [1.807, 2.05) is 0 Å². The SMILES string of the molecule is CCc1ccc(N2CCC(N3CCN(C)CC3)CC2)cc1. The zero-order valence-corrected chi connectivity index (χ0v) is 13.6. The highest BCUT2D eigenvalue weighted by Crippen LogP contribution is 2.23. The third kappa shape index (κ3) is 3.58. The van der Waals surface area contributed by atoms with E-state index in [1.165, 1.54) is 63.4 Å². The molecule has 2 saturated heterocycles. The van der Waals surface area contributed by atoms with Gasteiger partial charge in [0.1, 0.15) is 0 Å². The zero-order valence-electron chi connectivity index (χ0n) is 13.6. The van der Waals surface area contributed by atoms with Crippen molar-refractivity contribution < 1.29 is 0 Å². The summed E-state index contributed by atoms with van der Waals surface area (Å²) < 4.78 is 0. The summed E-state index contributed by atoms with van der Waals surface area (Å²) in [6.45, 7) is 9.62. The van der Waals surface area contributed by atoms with Gasteiger partial charge in [-0.1, -0.05) is 19.1 Å². The molecule has 116 valence electrons. The van der Waals surface area contributed by atoms with Gasteiger partial charge in [0.2, 0.25) is 0 Å². The Morgan fingerprint density at radius 1 is 0.905 bits per heavy atom. The number of piperidine rings is 1. The molecule has 2 heterocycles. The number of hydrogen-bond acceptors (Lipinski definition) is 3. The van der Waals surface area contributed by atoms with Crippen LogP contribution in [0.3, 0.4) is 0 Å². The molecule has 0 bridgehead atoms. The molecule has 0 spiro atoms. The van der Waals surface area contributed by atoms with E-state index in [2.05, 4.69) is 52.9 Å². The molecule has 0 radical (unpaired) electrons. The van der Waals surface area contributed by atoms with Crippen molar-refractivity contribution in [2.45, 2.75) is 32.2 Å². The largest absolute Gasteiger partial charge is 0.371 e. The molecule has 0 atom stereocenters. The molecule has 3 nitrogen and oxygen atoms in total. The first-order chi connectivity index (χ1) is 10.3. The van der Waals surface area contributed by atoms with Crippen molar-refractivity contribution in [3.05, 3.63) is 29.8 Å². The highest BCUT2D eigenvalue weighted by Gasteiger charge is 2.26. The van der Waals surface area contributed by atoms with E-state index >= 15 is 0 Å². The first-order valence-corrected chi connectivity index (χ1v) is 8.52. The van der Waals surface area contributed by atoms with Crippen molar-refractivity contribution >= 4 is 5.69 Å². The van der Waals surface area contributed by atoms with E-state index in [-0.39, 0.29) is 0 Å². The molecule has 0 aliphatic carbocycles. The summed E-state index contributed by atoms with van der Waals surface area (Å²) in [6.07, 6.45) is 3.77. The predicted octanol–water partition coefficient (Wildman–Crippen LogP) is 2.47. The third-order valence-electron chi connectivity index (χ3n) is 5.23. The van der Waals surface area contributed by atoms with Crippen molar-refractivity contribution in [1.29, 1.82) is 0 Å². The molecule has 0 N–H and O–H groups in total. The number of likely N-dealkylation sites (N-methyl/N-ethyl adjacent to an activating group) is 1. The van der Waals surface area contributed by atoms with Gasteiger partial charge in [0.25, 0.3) is 0 Å². The Hall–Kier alpha value is -1.06. The average molecular weight is 287 g/mol. The Labute approximate surface area is 129 Å². The van der Waals surface area contributed by atoms with Gasteiger partial charge in [-0.25, -0.2) is 0 Å². The maximum atomic E-state index is 2.72. The van der Waals surface area contributed by atoms with E-state index in [1.54, 1.807) is 0 Å². The summed E-state index contributed by atoms with van der Waals surface area (Å²) >= 11 is 0. The molecule has 1 aromatic carbocycles. The number of rotatable bonds is 3. The molecule has 3 rings (SSSR count). The van der Waals surface area contributed by atoms with Crippen molar-refractivity contribution in [3.63, 3.8) is 0 Å². The summed E-state index contributed by atoms with van der Waals surface area (Å²) in [4.78, 5) is 7.73. The van der Waals surface area contributed by atoms with Crippen molar-refractivity contribution in [2.75, 3.05) is 51.2 Å². The van der Waals surface area contributed by atoms with Crippen LogP contribution in [0.25, 0.3) is 0 Å². The van der Waals surface area contributed by atoms with Crippen LogP contribution in [0, 0.1) is 0 Å². The average Bonchev–Trinajstić information content (AvgIpc) is 2.56. The topological polar surface area (TPSA) is 9.72 Å². The normalized spacial score (nSPS) is 22.7. The van der Waals surface area contributed by atoms with Crippen LogP contribution in [0.5, 0.6) is 0 Å². The number of hydrogen-bond donors (Lipinski definition) is 0. The van der Waals surface area contributed by atoms with Gasteiger partial charge >= 0.3 is 0 Å². The number of aryl methyl sites for hydroxylation is 1. The van der Waals surface area contributed by atoms with Gasteiger partial charge in [-0.3, -0.25) is 4.90 Å². The lowest BCUT2D eigenvalue weighted by Crippen LogP contribution is -2.52. The lowest BCUT2D eigenvalue weighted by molar-refractivity contribution is 0.0982. The molecule has 1 aromatic rings. The summed E-state index contributed by atoms with van der Waals surface area (Å²) in [5.74, 6) is 0. The Bertz CT molecular complexity index is 426. The van der Waals surface area contributed by atoms with Crippen LogP contribution < -0.4 is 4.90 Å². The number of anilines is 1. The highest BCUT2D eigenvalue weighted by atomic mass is 15.3. The quantitative estimate of drug-likeness (QED) is 0.845. The van der Waals surface area contributed by atoms with Crippen molar-refractivity contribution in [3.8, 4) is 0 Å². The van der Waals surface area contributed by atoms with Gasteiger partial charge in [-0.2, -0.15) is 0 Å². The molecule has 2 fully saturated rings. The Morgan fingerprint density at radius 3 is 2.10 bits per heavy atom. The standard InChI is InChI=1S/C18H29N3/c1-3-16-4-6-17(7-5-16)20-10-8-18(9-11-20)21-14-12-19(2)13-15-21/h4-7,18H,3,8-15H2,1-2H3. The summed E-state index contributed by atoms with van der Waals surface area (Å²) in [7, 11) is 2.24. The second-order valence-electron chi connectivity index (χ2n) is 6.58. The van der Waals surface area contributed by atoms with Gasteiger partial charge in [-0.15, -0.1) is 0 Å². The third-order valence-corrected chi connectivity index (χ3v) is 5.23. The lowest BCUT2D eigenvalue weighted by atomic mass is 10.0. The first kappa shape index (κ1) is 14.9. The molecule has 0 saturated carbocycles. The zero-order chi connectivity index (χ0) is 14.7. The maximum Gasteiger partial charge on any atom is 0.0366 e. The van der Waals surface area contributed by atoms with Gasteiger partial charge in [0.05, 0.1) is 0 Å². The fourth-order valence-corrected chi connectivity index (χ4v) is 3.62. The monoisotopic (exact) mass is 287 g/mol. The second-order valence-corrected chi connectivity index (χ2v) is 6.58. The Morgan fingerprint density at radius 2 is 1.52 bits per heavy atom. The van der Waals surface area contributed by atoms with Crippen LogP contribution in [0.2, 0.25) is 0 Å². The summed E-state index contributed by atoms with van der Waals surface area (Å²) in [6, 6.07) is 9.97. The Kier molecular flexibility index (Phi) is 4.81. The molecular weight excluding hydrogens is 258 g/mol. The van der Waals surface area contributed by atoms with E-state index < -0.39 is 0 Å². The molecule has 3 heteroatoms. The maximum absolute atomic E-state index is 2.72. The number of benzene rings is 1. The smallest absolute Gasteiger partial charge is 0.0366 e. The van der Waals surface area contributed by atoms with Crippen LogP contribution in [0.4, 0.5) is 5.69 Å². The summed E-state index contributed by atoms with van der Waals surface area (Å²) in [5, 5.41) is 0. The first-order valence-electron chi connectivity index (χ1n) is 8.52. The van der Waals surface area contributed by atoms with Gasteiger partial charge in [0.15, 0.2) is 0 Å². The van der Waals surface area contributed by atoms with Crippen LogP contribution >= 0.6 is 0 Å². The fraction of sp³-hybridized carbons (Fsp3) is 0.667. The minimum atomic E-state index is 0.810. The fourth-order valence-electron chi connectivity index (χ4n) is 3.62. The van der Waals surface area contributed by atoms with E-state index in [4.69, 9.17) is 0 Å². The highest BCUT2D eigenvalue weighted by molar-refractivity contribution is 5.48. The van der Waals surface area contributed by atoms with E-state index in [0.29, 0.717) is 0 Å². The summed E-state index contributed by atoms with van der Waals surface area (Å²) in [5.41, 5.74) is 2.84. The molecule has 0 unspecified atom stereocenters. The number of piperazine rings is 1. The minimum Gasteiger partial charge on any atom is -0.371 e. The predicted molar refractivity (Wildman–Crippen MR) is 90.1 cm³/mol. The van der Waals surface area contributed by atoms with Gasteiger partial charge in [-0.05, 0) is 44.0 Å². The minimum absolute atomic E-state index is 0.810. The van der Waals surface area contributed by atoms with Crippen LogP contribution in [0.15, 0.2) is 24.3 Å². The van der Waals surface area contributed by atoms with Crippen molar-refractivity contribution in [2.24, 2.45) is 0 Å². The Balaban J connectivity index is 1.52. The molecule has 2 aliphatic heterocycles. The molecule has 2 aliphatic rings. The van der Waals surface area contributed by atoms with Crippen LogP contribution in [0.1, 0.15) is 25.3 Å². The van der Waals surface area contributed by atoms with Crippen LogP contribution in [-0.2, 0) is 6.42 Å². The van der Waals surface area contributed by atoms with Gasteiger partial charge < -0.3 is 9.80 Å². The molecule has 0 aromatic heterocycles. The van der Waals surface area contributed by atoms with Gasteiger partial charge in [0, 0.05) is 51.0 Å². The van der Waals surface area contributed by atoms with Crippen molar-refractivity contribution in [1.82, 2.24) is 9.80 Å². The van der Waals surface area contributed by atoms with Crippen LogP contribution in [-0.4, -0.2) is 62.2 Å². The second kappa shape index (κ2) is 6.80. The van der Waals surface area contributed by atoms with E-state index in [0.717, 1.165) is 12.5 Å². The van der Waals surface area contributed by atoms with E-state index in [9.17, 15) is 0 Å².